The third-order valence-corrected chi connectivity index (χ3v) is 4.78. The van der Waals surface area contributed by atoms with Gasteiger partial charge in [0, 0.05) is 29.9 Å². The molecule has 2 aromatic rings. The number of carboxylic acids is 1. The van der Waals surface area contributed by atoms with Gasteiger partial charge in [0.05, 0.1) is 12.5 Å². The number of aromatic amines is 1. The highest BCUT2D eigenvalue weighted by Gasteiger charge is 2.29. The van der Waals surface area contributed by atoms with Gasteiger partial charge in [0.15, 0.2) is 0 Å². The molecule has 12 heteroatoms. The molecule has 3 atom stereocenters. The molecule has 0 aliphatic carbocycles. The van der Waals surface area contributed by atoms with Crippen LogP contribution in [0.5, 0.6) is 0 Å². The van der Waals surface area contributed by atoms with Crippen LogP contribution in [0, 0.1) is 0 Å². The fourth-order valence-electron chi connectivity index (χ4n) is 3.14. The van der Waals surface area contributed by atoms with Crippen LogP contribution in [-0.4, -0.2) is 57.8 Å². The first-order valence-electron chi connectivity index (χ1n) is 9.79. The molecule has 0 saturated carbocycles. The maximum absolute atomic E-state index is 12.8. The second kappa shape index (κ2) is 10.9. The van der Waals surface area contributed by atoms with E-state index >= 15 is 0 Å². The second-order valence-electron chi connectivity index (χ2n) is 7.31. The van der Waals surface area contributed by atoms with Gasteiger partial charge in [-0.3, -0.25) is 19.2 Å². The van der Waals surface area contributed by atoms with Crippen LogP contribution in [-0.2, 0) is 30.4 Å². The molecule has 0 saturated heterocycles. The topological polar surface area (TPSA) is 223 Å². The molecular formula is C20H26N6O6. The minimum Gasteiger partial charge on any atom is -0.480 e. The number of hydrogen-bond acceptors (Lipinski definition) is 6. The number of aliphatic carboxylic acids is 1. The Morgan fingerprint density at radius 1 is 0.969 bits per heavy atom. The van der Waals surface area contributed by atoms with Crippen molar-refractivity contribution in [2.75, 3.05) is 0 Å². The molecule has 0 spiro atoms. The van der Waals surface area contributed by atoms with Crippen LogP contribution in [0.25, 0.3) is 10.9 Å². The monoisotopic (exact) mass is 446 g/mol. The van der Waals surface area contributed by atoms with E-state index in [1.165, 1.54) is 0 Å². The highest BCUT2D eigenvalue weighted by molar-refractivity contribution is 5.94. The number of carbonyl (C=O) groups is 5. The number of benzene rings is 1. The first-order chi connectivity index (χ1) is 15.1. The number of rotatable bonds is 12. The summed E-state index contributed by atoms with van der Waals surface area (Å²) in [5, 5.41) is 15.1. The molecule has 12 nitrogen and oxygen atoms in total. The Balaban J connectivity index is 2.14. The Hall–Kier alpha value is -3.93. The van der Waals surface area contributed by atoms with Crippen LogP contribution >= 0.6 is 0 Å². The van der Waals surface area contributed by atoms with Gasteiger partial charge in [-0.15, -0.1) is 0 Å². The lowest BCUT2D eigenvalue weighted by molar-refractivity contribution is -0.142. The van der Waals surface area contributed by atoms with Gasteiger partial charge in [-0.05, 0) is 18.1 Å². The van der Waals surface area contributed by atoms with E-state index in [-0.39, 0.29) is 19.3 Å². The molecule has 0 aliphatic rings. The molecule has 1 aromatic carbocycles. The SMILES string of the molecule is NC(=O)CC[C@H](NC(=O)[C@@H](N)CC(N)=O)C(=O)N[C@@H](Cc1c[nH]c2ccccc12)C(=O)O. The molecule has 0 fully saturated rings. The zero-order valence-electron chi connectivity index (χ0n) is 17.2. The molecule has 4 amide bonds. The summed E-state index contributed by atoms with van der Waals surface area (Å²) in [5.41, 5.74) is 17.2. The highest BCUT2D eigenvalue weighted by Crippen LogP contribution is 2.19. The molecule has 10 N–H and O–H groups in total. The smallest absolute Gasteiger partial charge is 0.326 e. The zero-order valence-corrected chi connectivity index (χ0v) is 17.2. The number of hydrogen-bond donors (Lipinski definition) is 7. The molecule has 1 aromatic heterocycles. The summed E-state index contributed by atoms with van der Waals surface area (Å²) in [6.07, 6.45) is 0.748. The average Bonchev–Trinajstić information content (AvgIpc) is 3.12. The van der Waals surface area contributed by atoms with E-state index in [4.69, 9.17) is 17.2 Å². The van der Waals surface area contributed by atoms with E-state index in [2.05, 4.69) is 15.6 Å². The van der Waals surface area contributed by atoms with Gasteiger partial charge in [0.25, 0.3) is 0 Å². The Kier molecular flexibility index (Phi) is 8.30. The number of para-hydroxylation sites is 1. The maximum Gasteiger partial charge on any atom is 0.326 e. The van der Waals surface area contributed by atoms with Crippen LogP contribution in [0.2, 0.25) is 0 Å². The normalized spacial score (nSPS) is 13.7. The number of fused-ring (bicyclic) bond motifs is 1. The van der Waals surface area contributed by atoms with Crippen molar-refractivity contribution in [3.63, 3.8) is 0 Å². The number of H-pyrrole nitrogens is 1. The van der Waals surface area contributed by atoms with Crippen molar-refractivity contribution in [2.24, 2.45) is 17.2 Å². The second-order valence-corrected chi connectivity index (χ2v) is 7.31. The summed E-state index contributed by atoms with van der Waals surface area (Å²) in [6.45, 7) is 0. The van der Waals surface area contributed by atoms with E-state index < -0.39 is 54.1 Å². The molecule has 0 aliphatic heterocycles. The molecule has 0 bridgehead atoms. The zero-order chi connectivity index (χ0) is 23.8. The highest BCUT2D eigenvalue weighted by atomic mass is 16.4. The number of carbonyl (C=O) groups excluding carboxylic acids is 4. The number of nitrogens with one attached hydrogen (secondary N) is 3. The van der Waals surface area contributed by atoms with E-state index in [1.54, 1.807) is 12.3 Å². The maximum atomic E-state index is 12.8. The summed E-state index contributed by atoms with van der Waals surface area (Å²) in [4.78, 5) is 61.9. The molecular weight excluding hydrogens is 420 g/mol. The fraction of sp³-hybridized carbons (Fsp3) is 0.350. The molecule has 2 rings (SSSR count). The lowest BCUT2D eigenvalue weighted by Gasteiger charge is -2.22. The lowest BCUT2D eigenvalue weighted by Crippen LogP contribution is -2.55. The van der Waals surface area contributed by atoms with Crippen LogP contribution < -0.4 is 27.8 Å². The number of amides is 4. The van der Waals surface area contributed by atoms with Crippen molar-refractivity contribution < 1.29 is 29.1 Å². The van der Waals surface area contributed by atoms with Crippen molar-refractivity contribution in [3.8, 4) is 0 Å². The third kappa shape index (κ3) is 6.80. The van der Waals surface area contributed by atoms with E-state index in [1.807, 2.05) is 18.2 Å². The van der Waals surface area contributed by atoms with Crippen molar-refractivity contribution in [2.45, 2.75) is 43.8 Å². The Morgan fingerprint density at radius 2 is 1.62 bits per heavy atom. The van der Waals surface area contributed by atoms with Gasteiger partial charge in [-0.25, -0.2) is 4.79 Å². The quantitative estimate of drug-likeness (QED) is 0.198. The first-order valence-corrected chi connectivity index (χ1v) is 9.79. The molecule has 172 valence electrons. The van der Waals surface area contributed by atoms with Gasteiger partial charge < -0.3 is 37.9 Å². The third-order valence-electron chi connectivity index (χ3n) is 4.78. The Morgan fingerprint density at radius 3 is 2.25 bits per heavy atom. The predicted octanol–water partition coefficient (Wildman–Crippen LogP) is -1.77. The minimum atomic E-state index is -1.31. The van der Waals surface area contributed by atoms with Crippen molar-refractivity contribution in [3.05, 3.63) is 36.0 Å². The molecule has 0 unspecified atom stereocenters. The standard InChI is InChI=1S/C20H26N6O6/c21-12(8-17(23)28)18(29)25-14(5-6-16(22)27)19(30)26-15(20(31)32)7-10-9-24-13-4-2-1-3-11(10)13/h1-4,9,12,14-15,24H,5-8,21H2,(H2,22,27)(H2,23,28)(H,25,29)(H,26,30)(H,31,32)/t12-,14-,15-/m0/s1. The number of primary amides is 2. The minimum absolute atomic E-state index is 0.0250. The molecule has 0 radical (unpaired) electrons. The van der Waals surface area contributed by atoms with Gasteiger partial charge in [-0.2, -0.15) is 0 Å². The van der Waals surface area contributed by atoms with Gasteiger partial charge in [-0.1, -0.05) is 18.2 Å². The Labute approximate surface area is 182 Å². The summed E-state index contributed by atoms with van der Waals surface area (Å²) < 4.78 is 0. The summed E-state index contributed by atoms with van der Waals surface area (Å²) >= 11 is 0. The van der Waals surface area contributed by atoms with E-state index in [0.29, 0.717) is 5.56 Å². The Bertz CT molecular complexity index is 1020. The number of carboxylic acid groups (broad SMARTS) is 1. The summed E-state index contributed by atoms with van der Waals surface area (Å²) in [5.74, 6) is -4.49. The first kappa shape index (κ1) is 24.3. The lowest BCUT2D eigenvalue weighted by atomic mass is 10.0. The van der Waals surface area contributed by atoms with Crippen molar-refractivity contribution in [1.29, 1.82) is 0 Å². The average molecular weight is 446 g/mol. The van der Waals surface area contributed by atoms with Gasteiger partial charge >= 0.3 is 5.97 Å². The predicted molar refractivity (Wildman–Crippen MR) is 114 cm³/mol. The van der Waals surface area contributed by atoms with Crippen LogP contribution in [0.1, 0.15) is 24.8 Å². The van der Waals surface area contributed by atoms with Crippen molar-refractivity contribution >= 4 is 40.5 Å². The molecule has 1 heterocycles. The van der Waals surface area contributed by atoms with Crippen LogP contribution in [0.4, 0.5) is 0 Å². The largest absolute Gasteiger partial charge is 0.480 e. The summed E-state index contributed by atoms with van der Waals surface area (Å²) in [6, 6.07) is 3.37. The number of aromatic nitrogens is 1. The fourth-order valence-corrected chi connectivity index (χ4v) is 3.14. The van der Waals surface area contributed by atoms with Crippen LogP contribution in [0.3, 0.4) is 0 Å². The van der Waals surface area contributed by atoms with Crippen LogP contribution in [0.15, 0.2) is 30.5 Å². The van der Waals surface area contributed by atoms with Gasteiger partial charge in [0.2, 0.25) is 23.6 Å². The molecule has 32 heavy (non-hydrogen) atoms. The van der Waals surface area contributed by atoms with E-state index in [9.17, 15) is 29.1 Å². The number of nitrogens with two attached hydrogens (primary N) is 3. The van der Waals surface area contributed by atoms with Crippen molar-refractivity contribution in [1.82, 2.24) is 15.6 Å². The van der Waals surface area contributed by atoms with E-state index in [0.717, 1.165) is 10.9 Å². The summed E-state index contributed by atoms with van der Waals surface area (Å²) in [7, 11) is 0. The van der Waals surface area contributed by atoms with Gasteiger partial charge in [0.1, 0.15) is 12.1 Å².